The standard InChI is InChI=1S/C18H23ClN4/c1-3-15-6-4-5-11-23(15)17-9-10-20-18(22-17)21-16-8-7-14(19)12-13(16)2/h7-10,12,15H,3-6,11H2,1-2H3,(H,20,21,22). The lowest BCUT2D eigenvalue weighted by Crippen LogP contribution is -2.39. The van der Waals surface area contributed by atoms with Gasteiger partial charge < -0.3 is 10.2 Å². The highest BCUT2D eigenvalue weighted by Crippen LogP contribution is 2.27. The minimum atomic E-state index is 0.587. The van der Waals surface area contributed by atoms with Gasteiger partial charge in [-0.3, -0.25) is 0 Å². The summed E-state index contributed by atoms with van der Waals surface area (Å²) >= 11 is 6.01. The normalized spacial score (nSPS) is 18.0. The molecule has 1 saturated heterocycles. The molecule has 122 valence electrons. The van der Waals surface area contributed by atoms with E-state index in [1.807, 2.05) is 37.4 Å². The van der Waals surface area contributed by atoms with E-state index in [9.17, 15) is 0 Å². The van der Waals surface area contributed by atoms with Crippen LogP contribution in [0.4, 0.5) is 17.5 Å². The highest BCUT2D eigenvalue weighted by Gasteiger charge is 2.22. The molecule has 4 nitrogen and oxygen atoms in total. The van der Waals surface area contributed by atoms with E-state index in [-0.39, 0.29) is 0 Å². The Hall–Kier alpha value is -1.81. The van der Waals surface area contributed by atoms with Crippen molar-refractivity contribution >= 4 is 29.1 Å². The lowest BCUT2D eigenvalue weighted by molar-refractivity contribution is 0.447. The fourth-order valence-electron chi connectivity index (χ4n) is 3.18. The van der Waals surface area contributed by atoms with Gasteiger partial charge in [0.05, 0.1) is 0 Å². The minimum Gasteiger partial charge on any atom is -0.353 e. The Bertz CT molecular complexity index is 674. The van der Waals surface area contributed by atoms with Crippen LogP contribution in [0.2, 0.25) is 5.02 Å². The largest absolute Gasteiger partial charge is 0.353 e. The third-order valence-electron chi connectivity index (χ3n) is 4.47. The summed E-state index contributed by atoms with van der Waals surface area (Å²) in [6, 6.07) is 8.37. The van der Waals surface area contributed by atoms with Crippen LogP contribution < -0.4 is 10.2 Å². The quantitative estimate of drug-likeness (QED) is 0.861. The van der Waals surface area contributed by atoms with Gasteiger partial charge in [0.25, 0.3) is 0 Å². The Labute approximate surface area is 142 Å². The van der Waals surface area contributed by atoms with Crippen molar-refractivity contribution in [1.29, 1.82) is 0 Å². The third-order valence-corrected chi connectivity index (χ3v) is 4.70. The molecule has 1 atom stereocenters. The van der Waals surface area contributed by atoms with Gasteiger partial charge in [0.1, 0.15) is 5.82 Å². The molecule has 2 heterocycles. The van der Waals surface area contributed by atoms with Gasteiger partial charge in [-0.1, -0.05) is 18.5 Å². The van der Waals surface area contributed by atoms with Crippen LogP contribution in [0.25, 0.3) is 0 Å². The molecule has 2 aromatic rings. The Kier molecular flexibility index (Phi) is 5.01. The summed E-state index contributed by atoms with van der Waals surface area (Å²) in [5.74, 6) is 1.65. The van der Waals surface area contributed by atoms with E-state index in [1.54, 1.807) is 0 Å². The molecule has 1 unspecified atom stereocenters. The molecule has 0 amide bonds. The maximum absolute atomic E-state index is 6.01. The first-order chi connectivity index (χ1) is 11.2. The zero-order valence-electron chi connectivity index (χ0n) is 13.7. The molecular formula is C18H23ClN4. The van der Waals surface area contributed by atoms with Gasteiger partial charge in [-0.15, -0.1) is 0 Å². The number of piperidine rings is 1. The summed E-state index contributed by atoms with van der Waals surface area (Å²) in [6.07, 6.45) is 6.79. The average Bonchev–Trinajstić information content (AvgIpc) is 2.58. The summed E-state index contributed by atoms with van der Waals surface area (Å²) in [5.41, 5.74) is 2.06. The zero-order chi connectivity index (χ0) is 16.2. The molecule has 0 radical (unpaired) electrons. The van der Waals surface area contributed by atoms with Crippen LogP contribution >= 0.6 is 11.6 Å². The van der Waals surface area contributed by atoms with Crippen molar-refractivity contribution in [1.82, 2.24) is 9.97 Å². The average molecular weight is 331 g/mol. The number of nitrogens with one attached hydrogen (secondary N) is 1. The fraction of sp³-hybridized carbons (Fsp3) is 0.444. The molecule has 0 spiro atoms. The van der Waals surface area contributed by atoms with E-state index in [2.05, 4.69) is 22.1 Å². The summed E-state index contributed by atoms with van der Waals surface area (Å²) in [5, 5.41) is 4.04. The predicted molar refractivity (Wildman–Crippen MR) is 96.8 cm³/mol. The molecule has 1 fully saturated rings. The molecule has 1 N–H and O–H groups in total. The number of nitrogens with zero attached hydrogens (tertiary/aromatic N) is 3. The van der Waals surface area contributed by atoms with Crippen molar-refractivity contribution < 1.29 is 0 Å². The number of aryl methyl sites for hydroxylation is 1. The lowest BCUT2D eigenvalue weighted by atomic mass is 10.0. The molecule has 5 heteroatoms. The van der Waals surface area contributed by atoms with Crippen LogP contribution in [0.15, 0.2) is 30.5 Å². The summed E-state index contributed by atoms with van der Waals surface area (Å²) in [6.45, 7) is 5.35. The second-order valence-corrected chi connectivity index (χ2v) is 6.51. The van der Waals surface area contributed by atoms with E-state index in [4.69, 9.17) is 16.6 Å². The Morgan fingerprint density at radius 1 is 1.30 bits per heavy atom. The van der Waals surface area contributed by atoms with Crippen LogP contribution in [-0.2, 0) is 0 Å². The highest BCUT2D eigenvalue weighted by atomic mass is 35.5. The van der Waals surface area contributed by atoms with E-state index in [0.717, 1.165) is 35.1 Å². The van der Waals surface area contributed by atoms with Crippen molar-refractivity contribution in [3.8, 4) is 0 Å². The van der Waals surface area contributed by atoms with Gasteiger partial charge >= 0.3 is 0 Å². The second-order valence-electron chi connectivity index (χ2n) is 6.07. The summed E-state index contributed by atoms with van der Waals surface area (Å²) in [7, 11) is 0. The second kappa shape index (κ2) is 7.18. The van der Waals surface area contributed by atoms with Crippen LogP contribution in [0.3, 0.4) is 0 Å². The number of hydrogen-bond acceptors (Lipinski definition) is 4. The van der Waals surface area contributed by atoms with Crippen molar-refractivity contribution in [3.05, 3.63) is 41.0 Å². The van der Waals surface area contributed by atoms with Gasteiger partial charge in [-0.25, -0.2) is 4.98 Å². The van der Waals surface area contributed by atoms with E-state index in [0.29, 0.717) is 12.0 Å². The SMILES string of the molecule is CCC1CCCCN1c1ccnc(Nc2ccc(Cl)cc2C)n1. The number of aromatic nitrogens is 2. The first-order valence-electron chi connectivity index (χ1n) is 8.30. The first-order valence-corrected chi connectivity index (χ1v) is 8.68. The molecular weight excluding hydrogens is 308 g/mol. The van der Waals surface area contributed by atoms with Crippen molar-refractivity contribution in [2.45, 2.75) is 45.6 Å². The predicted octanol–water partition coefficient (Wildman–Crippen LogP) is 4.95. The van der Waals surface area contributed by atoms with E-state index >= 15 is 0 Å². The monoisotopic (exact) mass is 330 g/mol. The fourth-order valence-corrected chi connectivity index (χ4v) is 3.41. The summed E-state index contributed by atoms with van der Waals surface area (Å²) < 4.78 is 0. The van der Waals surface area contributed by atoms with Crippen LogP contribution in [0.1, 0.15) is 38.2 Å². The molecule has 0 saturated carbocycles. The third kappa shape index (κ3) is 3.75. The molecule has 0 aliphatic carbocycles. The number of rotatable bonds is 4. The van der Waals surface area contributed by atoms with Crippen molar-refractivity contribution in [2.24, 2.45) is 0 Å². The Morgan fingerprint density at radius 2 is 2.17 bits per heavy atom. The smallest absolute Gasteiger partial charge is 0.229 e. The zero-order valence-corrected chi connectivity index (χ0v) is 14.5. The number of benzene rings is 1. The maximum atomic E-state index is 6.01. The molecule has 23 heavy (non-hydrogen) atoms. The Morgan fingerprint density at radius 3 is 2.96 bits per heavy atom. The van der Waals surface area contributed by atoms with Gasteiger partial charge in [0.15, 0.2) is 0 Å². The van der Waals surface area contributed by atoms with Gasteiger partial charge in [-0.05, 0) is 62.4 Å². The van der Waals surface area contributed by atoms with Gasteiger partial charge in [0, 0.05) is 29.5 Å². The lowest BCUT2D eigenvalue weighted by Gasteiger charge is -2.36. The number of anilines is 3. The van der Waals surface area contributed by atoms with Crippen LogP contribution in [0.5, 0.6) is 0 Å². The molecule has 3 rings (SSSR count). The van der Waals surface area contributed by atoms with Crippen LogP contribution in [-0.4, -0.2) is 22.6 Å². The van der Waals surface area contributed by atoms with Crippen LogP contribution in [0, 0.1) is 6.92 Å². The molecule has 1 aliphatic rings. The highest BCUT2D eigenvalue weighted by molar-refractivity contribution is 6.30. The number of hydrogen-bond donors (Lipinski definition) is 1. The molecule has 1 aliphatic heterocycles. The van der Waals surface area contributed by atoms with E-state index < -0.39 is 0 Å². The minimum absolute atomic E-state index is 0.587. The molecule has 0 bridgehead atoms. The number of halogens is 1. The summed E-state index contributed by atoms with van der Waals surface area (Å²) in [4.78, 5) is 11.5. The topological polar surface area (TPSA) is 41.1 Å². The van der Waals surface area contributed by atoms with Crippen molar-refractivity contribution in [3.63, 3.8) is 0 Å². The maximum Gasteiger partial charge on any atom is 0.229 e. The van der Waals surface area contributed by atoms with E-state index in [1.165, 1.54) is 19.3 Å². The van der Waals surface area contributed by atoms with Gasteiger partial charge in [0.2, 0.25) is 5.95 Å². The molecule has 1 aromatic carbocycles. The molecule has 1 aromatic heterocycles. The van der Waals surface area contributed by atoms with Crippen molar-refractivity contribution in [2.75, 3.05) is 16.8 Å². The van der Waals surface area contributed by atoms with Gasteiger partial charge in [-0.2, -0.15) is 4.98 Å². The first kappa shape index (κ1) is 16.1. The Balaban J connectivity index is 1.82.